The van der Waals surface area contributed by atoms with Crippen LogP contribution in [0.3, 0.4) is 0 Å². The fourth-order valence-corrected chi connectivity index (χ4v) is 1.95. The van der Waals surface area contributed by atoms with Crippen LogP contribution in [-0.4, -0.2) is 25.7 Å². The van der Waals surface area contributed by atoms with Gasteiger partial charge in [0.05, 0.1) is 6.61 Å². The summed E-state index contributed by atoms with van der Waals surface area (Å²) in [6, 6.07) is 5.88. The van der Waals surface area contributed by atoms with Gasteiger partial charge >= 0.3 is 0 Å². The molecule has 0 aliphatic rings. The summed E-state index contributed by atoms with van der Waals surface area (Å²) in [5, 5.41) is 2.85. The van der Waals surface area contributed by atoms with Gasteiger partial charge in [0.1, 0.15) is 0 Å². The van der Waals surface area contributed by atoms with Crippen LogP contribution in [0.5, 0.6) is 0 Å². The molecular formula is C15H25NO2. The van der Waals surface area contributed by atoms with Crippen molar-refractivity contribution in [1.29, 1.82) is 0 Å². The second kappa shape index (κ2) is 7.17. The van der Waals surface area contributed by atoms with Crippen molar-refractivity contribution in [3.63, 3.8) is 0 Å². The van der Waals surface area contributed by atoms with Gasteiger partial charge in [-0.25, -0.2) is 0 Å². The molecule has 0 atom stereocenters. The van der Waals surface area contributed by atoms with Crippen molar-refractivity contribution < 1.29 is 11.0 Å². The Morgan fingerprint density at radius 3 is 2.72 bits per heavy atom. The second-order valence-corrected chi connectivity index (χ2v) is 4.68. The molecule has 0 spiro atoms. The Kier molecular flexibility index (Phi) is 5.86. The molecule has 1 aromatic rings. The average Bonchev–Trinajstić information content (AvgIpc) is 2.33. The quantitative estimate of drug-likeness (QED) is 0.789. The Balaban J connectivity index is 0.00000324. The number of ether oxygens (including phenoxy) is 1. The molecule has 18 heavy (non-hydrogen) atoms. The lowest BCUT2D eigenvalue weighted by atomic mass is 9.96. The highest BCUT2D eigenvalue weighted by atomic mass is 16.5. The minimum absolute atomic E-state index is 0. The topological polar surface area (TPSA) is 38.3 Å². The molecule has 0 aliphatic carbocycles. The van der Waals surface area contributed by atoms with Gasteiger partial charge in [-0.2, -0.15) is 0 Å². The Morgan fingerprint density at radius 1 is 1.44 bits per heavy atom. The van der Waals surface area contributed by atoms with Crippen LogP contribution in [0.2, 0.25) is 0 Å². The predicted octanol–water partition coefficient (Wildman–Crippen LogP) is 3.13. The summed E-state index contributed by atoms with van der Waals surface area (Å²) in [6.07, 6.45) is 0. The van der Waals surface area contributed by atoms with Crippen LogP contribution in [0.4, 0.5) is 0 Å². The monoisotopic (exact) mass is 251 g/mol. The Bertz CT molecular complexity index is 405. The van der Waals surface area contributed by atoms with E-state index in [-0.39, 0.29) is 7.33 Å². The summed E-state index contributed by atoms with van der Waals surface area (Å²) >= 11 is 0. The van der Waals surface area contributed by atoms with Gasteiger partial charge in [-0.05, 0) is 43.0 Å². The van der Waals surface area contributed by atoms with Gasteiger partial charge in [0.15, 0.2) is 0 Å². The molecular weight excluding hydrogens is 226 g/mol. The summed E-state index contributed by atoms with van der Waals surface area (Å²) in [5.74, 6) is 0.452. The van der Waals surface area contributed by atoms with E-state index in [0.717, 1.165) is 0 Å². The average molecular weight is 251 g/mol. The summed E-state index contributed by atoms with van der Waals surface area (Å²) in [7, 11) is 0. The van der Waals surface area contributed by atoms with Crippen molar-refractivity contribution in [2.45, 2.75) is 33.6 Å². The molecule has 0 aromatic heterocycles. The molecule has 102 valence electrons. The molecule has 0 heterocycles. The molecule has 3 nitrogen and oxygen atoms in total. The third kappa shape index (κ3) is 4.15. The first kappa shape index (κ1) is 14.7. The van der Waals surface area contributed by atoms with Gasteiger partial charge in [0.2, 0.25) is 0 Å². The minimum Gasteiger partial charge on any atom is -0.380 e. The molecule has 0 unspecified atom stereocenters. The van der Waals surface area contributed by atoms with E-state index in [1.54, 1.807) is 0 Å². The summed E-state index contributed by atoms with van der Waals surface area (Å²) < 4.78 is 5.18. The van der Waals surface area contributed by atoms with Gasteiger partial charge in [0.25, 0.3) is 5.91 Å². The van der Waals surface area contributed by atoms with E-state index >= 15 is 0 Å². The third-order valence-electron chi connectivity index (χ3n) is 2.89. The number of amides is 1. The van der Waals surface area contributed by atoms with Gasteiger partial charge in [-0.15, -0.1) is 0 Å². The molecule has 1 rings (SSSR count). The largest absolute Gasteiger partial charge is 0.380 e. The normalized spacial score (nSPS) is 10.7. The maximum Gasteiger partial charge on any atom is 0.251 e. The third-order valence-corrected chi connectivity index (χ3v) is 2.89. The van der Waals surface area contributed by atoms with Crippen LogP contribution in [0.15, 0.2) is 18.2 Å². The number of nitrogens with one attached hydrogen (secondary N) is 1. The van der Waals surface area contributed by atoms with Crippen molar-refractivity contribution in [2.75, 3.05) is 19.8 Å². The zero-order chi connectivity index (χ0) is 13.5. The van der Waals surface area contributed by atoms with Crippen molar-refractivity contribution in [3.05, 3.63) is 34.9 Å². The highest BCUT2D eigenvalue weighted by molar-refractivity contribution is 5.94. The van der Waals surface area contributed by atoms with E-state index in [4.69, 9.17) is 4.74 Å². The van der Waals surface area contributed by atoms with Crippen molar-refractivity contribution >= 4 is 5.91 Å². The predicted molar refractivity (Wildman–Crippen MR) is 76.2 cm³/mol. The number of hydrogen-bond donors (Lipinski definition) is 1. The maximum absolute atomic E-state index is 11.9. The highest BCUT2D eigenvalue weighted by Crippen LogP contribution is 2.19. The minimum atomic E-state index is -0.0342. The molecule has 0 saturated heterocycles. The zero-order valence-corrected chi connectivity index (χ0v) is 11.7. The molecule has 0 aliphatic heterocycles. The molecule has 1 N–H and O–H groups in total. The van der Waals surface area contributed by atoms with E-state index in [0.29, 0.717) is 31.2 Å². The van der Waals surface area contributed by atoms with Gasteiger partial charge in [0, 0.05) is 20.1 Å². The smallest absolute Gasteiger partial charge is 0.251 e. The molecule has 0 bridgehead atoms. The van der Waals surface area contributed by atoms with E-state index in [2.05, 4.69) is 19.2 Å². The number of aryl methyl sites for hydroxylation is 1. The molecule has 1 aromatic carbocycles. The van der Waals surface area contributed by atoms with E-state index in [1.165, 1.54) is 11.1 Å². The first-order valence-corrected chi connectivity index (χ1v) is 6.52. The molecule has 0 saturated carbocycles. The zero-order valence-electron chi connectivity index (χ0n) is 11.7. The lowest BCUT2D eigenvalue weighted by Crippen LogP contribution is -2.27. The van der Waals surface area contributed by atoms with E-state index < -0.39 is 0 Å². The van der Waals surface area contributed by atoms with E-state index in [9.17, 15) is 4.79 Å². The van der Waals surface area contributed by atoms with Crippen LogP contribution in [0.25, 0.3) is 0 Å². The SMILES string of the molecule is CCOCCNC(=O)c1ccc(C(C)C)c(C)c1.[HH]. The number of carbonyl (C=O) groups is 1. The number of benzene rings is 1. The van der Waals surface area contributed by atoms with Gasteiger partial charge in [-0.3, -0.25) is 4.79 Å². The van der Waals surface area contributed by atoms with E-state index in [1.807, 2.05) is 32.0 Å². The highest BCUT2D eigenvalue weighted by Gasteiger charge is 2.08. The van der Waals surface area contributed by atoms with Crippen LogP contribution in [0, 0.1) is 6.92 Å². The number of hydrogen-bond acceptors (Lipinski definition) is 2. The van der Waals surface area contributed by atoms with Crippen LogP contribution in [-0.2, 0) is 4.74 Å². The second-order valence-electron chi connectivity index (χ2n) is 4.68. The standard InChI is InChI=1S/C15H23NO2.H2/c1-5-18-9-8-16-15(17)13-6-7-14(11(2)3)12(4)10-13;/h6-7,10-11H,5,8-9H2,1-4H3,(H,16,17);1H. The summed E-state index contributed by atoms with van der Waals surface area (Å²) in [6.45, 7) is 10.1. The van der Waals surface area contributed by atoms with Crippen molar-refractivity contribution in [1.82, 2.24) is 5.32 Å². The van der Waals surface area contributed by atoms with Crippen LogP contribution < -0.4 is 5.32 Å². The number of carbonyl (C=O) groups excluding carboxylic acids is 1. The first-order valence-electron chi connectivity index (χ1n) is 6.52. The fraction of sp³-hybridized carbons (Fsp3) is 0.533. The molecule has 1 amide bonds. The molecule has 3 heteroatoms. The molecule has 0 fully saturated rings. The maximum atomic E-state index is 11.9. The number of rotatable bonds is 6. The Morgan fingerprint density at radius 2 is 2.17 bits per heavy atom. The molecule has 0 radical (unpaired) electrons. The van der Waals surface area contributed by atoms with Crippen LogP contribution >= 0.6 is 0 Å². The summed E-state index contributed by atoms with van der Waals surface area (Å²) in [5.41, 5.74) is 3.18. The fourth-order valence-electron chi connectivity index (χ4n) is 1.95. The lowest BCUT2D eigenvalue weighted by Gasteiger charge is -2.11. The Hall–Kier alpha value is -1.35. The van der Waals surface area contributed by atoms with Gasteiger partial charge in [-0.1, -0.05) is 19.9 Å². The van der Waals surface area contributed by atoms with Crippen LogP contribution in [0.1, 0.15) is 49.6 Å². The van der Waals surface area contributed by atoms with Gasteiger partial charge < -0.3 is 10.1 Å². The summed E-state index contributed by atoms with van der Waals surface area (Å²) in [4.78, 5) is 11.9. The lowest BCUT2D eigenvalue weighted by molar-refractivity contribution is 0.0922. The first-order chi connectivity index (χ1) is 8.56. The van der Waals surface area contributed by atoms with Crippen molar-refractivity contribution in [2.24, 2.45) is 0 Å². The Labute approximate surface area is 111 Å². The van der Waals surface area contributed by atoms with Crippen molar-refractivity contribution in [3.8, 4) is 0 Å².